The highest BCUT2D eigenvalue weighted by atomic mass is 19.2. The first-order valence-electron chi connectivity index (χ1n) is 12.8. The minimum Gasteiger partial charge on any atom is -0.465 e. The third kappa shape index (κ3) is 6.44. The third-order valence-electron chi connectivity index (χ3n) is 6.35. The summed E-state index contributed by atoms with van der Waals surface area (Å²) in [5.74, 6) is -0.617. The molecule has 38 heavy (non-hydrogen) atoms. The molecular weight excluding hydrogens is 488 g/mol. The van der Waals surface area contributed by atoms with Crippen LogP contribution in [0.15, 0.2) is 60.8 Å². The number of halogens is 2. The summed E-state index contributed by atoms with van der Waals surface area (Å²) < 4.78 is 38.6. The number of pyridine rings is 1. The molecule has 1 aliphatic heterocycles. The smallest absolute Gasteiger partial charge is 0.199 e. The summed E-state index contributed by atoms with van der Waals surface area (Å²) >= 11 is 0. The molecule has 1 atom stereocenters. The number of fused-ring (bicyclic) bond motifs is 1. The van der Waals surface area contributed by atoms with E-state index in [1.54, 1.807) is 19.3 Å². The fourth-order valence-corrected chi connectivity index (χ4v) is 4.67. The van der Waals surface area contributed by atoms with Crippen molar-refractivity contribution in [3.05, 3.63) is 94.9 Å². The number of hydrogen-bond acceptors (Lipinski definition) is 5. The summed E-state index contributed by atoms with van der Waals surface area (Å²) in [4.78, 5) is 16.4. The summed E-state index contributed by atoms with van der Waals surface area (Å²) in [6.45, 7) is 6.13. The first kappa shape index (κ1) is 27.4. The van der Waals surface area contributed by atoms with Crippen molar-refractivity contribution in [2.75, 3.05) is 13.7 Å². The van der Waals surface area contributed by atoms with Crippen LogP contribution in [0.4, 0.5) is 8.78 Å². The van der Waals surface area contributed by atoms with Gasteiger partial charge in [0.25, 0.3) is 0 Å². The Bertz CT molecular complexity index is 1370. The van der Waals surface area contributed by atoms with E-state index >= 15 is 0 Å². The van der Waals surface area contributed by atoms with Crippen LogP contribution in [-0.4, -0.2) is 35.8 Å². The fraction of sp³-hybridized carbons (Fsp3) is 0.333. The normalized spacial score (nSPS) is 14.9. The van der Waals surface area contributed by atoms with E-state index in [-0.39, 0.29) is 12.2 Å². The Hall–Kier alpha value is -3.62. The minimum atomic E-state index is -0.801. The van der Waals surface area contributed by atoms with E-state index in [2.05, 4.69) is 28.7 Å². The molecule has 0 bridgehead atoms. The van der Waals surface area contributed by atoms with Gasteiger partial charge in [0.15, 0.2) is 24.2 Å². The number of hydrogen-bond donors (Lipinski definition) is 1. The van der Waals surface area contributed by atoms with Gasteiger partial charge in [0, 0.05) is 41.9 Å². The molecule has 0 aliphatic carbocycles. The molecule has 4 aromatic rings. The van der Waals surface area contributed by atoms with Crippen LogP contribution in [0.2, 0.25) is 0 Å². The van der Waals surface area contributed by atoms with E-state index in [9.17, 15) is 13.6 Å². The summed E-state index contributed by atoms with van der Waals surface area (Å²) in [6.07, 6.45) is 4.51. The molecule has 200 valence electrons. The number of benzene rings is 2. The van der Waals surface area contributed by atoms with Crippen LogP contribution in [0.25, 0.3) is 10.9 Å². The third-order valence-corrected chi connectivity index (χ3v) is 6.35. The zero-order valence-corrected chi connectivity index (χ0v) is 21.9. The minimum absolute atomic E-state index is 0.184. The van der Waals surface area contributed by atoms with Gasteiger partial charge in [-0.3, -0.25) is 9.78 Å². The van der Waals surface area contributed by atoms with Crippen molar-refractivity contribution < 1.29 is 23.0 Å². The lowest BCUT2D eigenvalue weighted by molar-refractivity contribution is -0.0389. The second-order valence-electron chi connectivity index (χ2n) is 9.50. The van der Waals surface area contributed by atoms with Gasteiger partial charge in [-0.2, -0.15) is 0 Å². The molecule has 5 rings (SSSR count). The van der Waals surface area contributed by atoms with Gasteiger partial charge in [-0.15, -0.1) is 0 Å². The number of nitrogens with one attached hydrogen (secondary N) is 1. The Labute approximate surface area is 221 Å². The molecule has 1 saturated heterocycles. The Kier molecular flexibility index (Phi) is 9.20. The van der Waals surface area contributed by atoms with Crippen LogP contribution in [0.1, 0.15) is 59.9 Å². The standard InChI is InChI=1S/C22H24N2O3.C8H9F2N/c1-15(2)22-19(14-25)18-9-8-17(27-21-7-5-11-26-21)12-20(18)24(22)13-16-6-3-4-10-23-16;1-11-5-6-2-3-7(9)8(10)4-6/h3-4,6,8-10,12,14-15,21H,5,7,11,13H2,1-2H3;2-4,11H,5H2,1H3. The fourth-order valence-electron chi connectivity index (χ4n) is 4.67. The van der Waals surface area contributed by atoms with Gasteiger partial charge >= 0.3 is 0 Å². The maximum absolute atomic E-state index is 12.5. The molecule has 1 N–H and O–H groups in total. The van der Waals surface area contributed by atoms with Gasteiger partial charge in [-0.1, -0.05) is 26.0 Å². The van der Waals surface area contributed by atoms with Crippen molar-refractivity contribution in [1.29, 1.82) is 0 Å². The summed E-state index contributed by atoms with van der Waals surface area (Å²) in [5, 5.41) is 3.79. The average molecular weight is 522 g/mol. The highest BCUT2D eigenvalue weighted by molar-refractivity contribution is 6.00. The van der Waals surface area contributed by atoms with Gasteiger partial charge in [-0.05, 0) is 61.3 Å². The van der Waals surface area contributed by atoms with Crippen molar-refractivity contribution in [2.24, 2.45) is 0 Å². The van der Waals surface area contributed by atoms with Crippen molar-refractivity contribution in [1.82, 2.24) is 14.9 Å². The predicted molar refractivity (Wildman–Crippen MR) is 143 cm³/mol. The first-order valence-corrected chi connectivity index (χ1v) is 12.8. The van der Waals surface area contributed by atoms with Gasteiger partial charge in [0.1, 0.15) is 5.75 Å². The quantitative estimate of drug-likeness (QED) is 0.279. The molecule has 0 amide bonds. The summed E-state index contributed by atoms with van der Waals surface area (Å²) in [6, 6.07) is 15.7. The Morgan fingerprint density at radius 3 is 2.63 bits per heavy atom. The van der Waals surface area contributed by atoms with E-state index in [1.807, 2.05) is 36.4 Å². The van der Waals surface area contributed by atoms with E-state index in [4.69, 9.17) is 9.47 Å². The van der Waals surface area contributed by atoms with Crippen LogP contribution in [-0.2, 0) is 17.8 Å². The molecule has 0 radical (unpaired) electrons. The Morgan fingerprint density at radius 1 is 1.16 bits per heavy atom. The van der Waals surface area contributed by atoms with Crippen LogP contribution >= 0.6 is 0 Å². The van der Waals surface area contributed by atoms with Crippen molar-refractivity contribution >= 4 is 17.2 Å². The van der Waals surface area contributed by atoms with Gasteiger partial charge in [-0.25, -0.2) is 8.78 Å². The summed E-state index contributed by atoms with van der Waals surface area (Å²) in [7, 11) is 1.75. The first-order chi connectivity index (χ1) is 18.4. The molecule has 8 heteroatoms. The van der Waals surface area contributed by atoms with E-state index in [0.29, 0.717) is 13.1 Å². The number of carbonyl (C=O) groups is 1. The maximum atomic E-state index is 12.5. The Balaban J connectivity index is 0.000000257. The molecule has 1 unspecified atom stereocenters. The summed E-state index contributed by atoms with van der Waals surface area (Å²) in [5.41, 5.74) is 4.46. The van der Waals surface area contributed by atoms with Crippen molar-refractivity contribution in [3.63, 3.8) is 0 Å². The van der Waals surface area contributed by atoms with E-state index in [1.165, 1.54) is 6.07 Å². The Morgan fingerprint density at radius 2 is 2.00 bits per heavy atom. The molecule has 2 aromatic heterocycles. The molecule has 3 heterocycles. The predicted octanol–water partition coefficient (Wildman–Crippen LogP) is 6.22. The van der Waals surface area contributed by atoms with Crippen molar-refractivity contribution in [2.45, 2.75) is 52.0 Å². The lowest BCUT2D eigenvalue weighted by Crippen LogP contribution is -2.14. The molecule has 2 aromatic carbocycles. The molecule has 0 spiro atoms. The highest BCUT2D eigenvalue weighted by Crippen LogP contribution is 2.33. The molecule has 6 nitrogen and oxygen atoms in total. The number of rotatable bonds is 8. The largest absolute Gasteiger partial charge is 0.465 e. The number of ether oxygens (including phenoxy) is 2. The van der Waals surface area contributed by atoms with Gasteiger partial charge in [0.05, 0.1) is 24.4 Å². The van der Waals surface area contributed by atoms with Crippen LogP contribution in [0.3, 0.4) is 0 Å². The zero-order chi connectivity index (χ0) is 27.1. The molecular formula is C30H33F2N3O3. The second kappa shape index (κ2) is 12.8. The number of aromatic nitrogens is 2. The lowest BCUT2D eigenvalue weighted by Gasteiger charge is -2.15. The van der Waals surface area contributed by atoms with E-state index < -0.39 is 11.6 Å². The van der Waals surface area contributed by atoms with Crippen LogP contribution < -0.4 is 10.1 Å². The van der Waals surface area contributed by atoms with Crippen LogP contribution in [0, 0.1) is 11.6 Å². The van der Waals surface area contributed by atoms with Crippen molar-refractivity contribution in [3.8, 4) is 5.75 Å². The maximum Gasteiger partial charge on any atom is 0.199 e. The monoisotopic (exact) mass is 521 g/mol. The molecule has 1 aliphatic rings. The highest BCUT2D eigenvalue weighted by Gasteiger charge is 2.22. The number of aldehydes is 1. The van der Waals surface area contributed by atoms with Crippen LogP contribution in [0.5, 0.6) is 5.75 Å². The lowest BCUT2D eigenvalue weighted by atomic mass is 10.0. The molecule has 0 saturated carbocycles. The topological polar surface area (TPSA) is 65.4 Å². The zero-order valence-electron chi connectivity index (χ0n) is 21.9. The SMILES string of the molecule is CC(C)c1c(C=O)c2ccc(OC3CCCO3)cc2n1Cc1ccccn1.CNCc1ccc(F)c(F)c1. The van der Waals surface area contributed by atoms with Gasteiger partial charge < -0.3 is 19.4 Å². The number of carbonyl (C=O) groups excluding carboxylic acids is 1. The number of nitrogens with zero attached hydrogens (tertiary/aromatic N) is 2. The molecule has 1 fully saturated rings. The second-order valence-corrected chi connectivity index (χ2v) is 9.50. The van der Waals surface area contributed by atoms with E-state index in [0.717, 1.165) is 71.0 Å². The van der Waals surface area contributed by atoms with Gasteiger partial charge in [0.2, 0.25) is 0 Å². The average Bonchev–Trinajstić information content (AvgIpc) is 3.53.